The lowest BCUT2D eigenvalue weighted by atomic mass is 10.1. The third kappa shape index (κ3) is 5.71. The van der Waals surface area contributed by atoms with Crippen molar-refractivity contribution in [3.05, 3.63) is 24.0 Å². The summed E-state index contributed by atoms with van der Waals surface area (Å²) in [6.45, 7) is 6.40. The van der Waals surface area contributed by atoms with Crippen LogP contribution in [0.5, 0.6) is 0 Å². The van der Waals surface area contributed by atoms with Crippen molar-refractivity contribution in [3.63, 3.8) is 0 Å². The molecular weight excluding hydrogens is 148 g/mol. The van der Waals surface area contributed by atoms with Gasteiger partial charge in [-0.2, -0.15) is 0 Å². The molecule has 0 fully saturated rings. The summed E-state index contributed by atoms with van der Waals surface area (Å²) in [5.74, 6) is 0.623. The molecule has 0 aromatic rings. The molecule has 12 heavy (non-hydrogen) atoms. The maximum atomic E-state index is 5.13. The summed E-state index contributed by atoms with van der Waals surface area (Å²) in [4.78, 5) is 3.98. The van der Waals surface area contributed by atoms with Gasteiger partial charge in [-0.15, -0.1) is 0 Å². The molecule has 0 aliphatic rings. The number of allylic oxidation sites excluding steroid dienone is 2. The summed E-state index contributed by atoms with van der Waals surface area (Å²) in [5.41, 5.74) is 6.31. The standard InChI is InChI=1S/C10H18N2/c1-4-9(2)7-10(3)8-12-6-5-11/h5-9H,4,11H2,1-3H3/b6-5-,10-7+,12-8-. The van der Waals surface area contributed by atoms with E-state index in [0.29, 0.717) is 5.92 Å². The van der Waals surface area contributed by atoms with E-state index in [1.807, 2.05) is 13.1 Å². The summed E-state index contributed by atoms with van der Waals surface area (Å²) in [6.07, 6.45) is 8.18. The topological polar surface area (TPSA) is 38.4 Å². The number of nitrogens with two attached hydrogens (primary N) is 1. The molecule has 0 aliphatic carbocycles. The molecule has 0 amide bonds. The molecule has 0 saturated carbocycles. The van der Waals surface area contributed by atoms with Crippen molar-refractivity contribution in [2.45, 2.75) is 27.2 Å². The van der Waals surface area contributed by atoms with Gasteiger partial charge in [0.2, 0.25) is 0 Å². The summed E-state index contributed by atoms with van der Waals surface area (Å²) < 4.78 is 0. The van der Waals surface area contributed by atoms with Gasteiger partial charge in [0.15, 0.2) is 0 Å². The van der Waals surface area contributed by atoms with Gasteiger partial charge in [-0.25, -0.2) is 0 Å². The van der Waals surface area contributed by atoms with E-state index in [-0.39, 0.29) is 0 Å². The molecule has 0 bridgehead atoms. The first-order valence-corrected chi connectivity index (χ1v) is 4.29. The quantitative estimate of drug-likeness (QED) is 0.640. The first-order chi connectivity index (χ1) is 5.70. The number of hydrogen-bond acceptors (Lipinski definition) is 2. The molecule has 2 heteroatoms. The maximum absolute atomic E-state index is 5.13. The zero-order valence-electron chi connectivity index (χ0n) is 8.12. The van der Waals surface area contributed by atoms with Crippen LogP contribution in [0.1, 0.15) is 27.2 Å². The Kier molecular flexibility index (Phi) is 6.07. The normalized spacial score (nSPS) is 16.1. The maximum Gasteiger partial charge on any atom is 0.0422 e. The number of rotatable bonds is 4. The van der Waals surface area contributed by atoms with Crippen LogP contribution in [0, 0.1) is 5.92 Å². The molecule has 0 rings (SSSR count). The fourth-order valence-corrected chi connectivity index (χ4v) is 0.820. The van der Waals surface area contributed by atoms with Crippen LogP contribution >= 0.6 is 0 Å². The highest BCUT2D eigenvalue weighted by molar-refractivity contribution is 5.78. The first kappa shape index (κ1) is 11.0. The van der Waals surface area contributed by atoms with Crippen molar-refractivity contribution in [2.24, 2.45) is 16.6 Å². The largest absolute Gasteiger partial charge is 0.403 e. The fourth-order valence-electron chi connectivity index (χ4n) is 0.820. The molecule has 68 valence electrons. The Morgan fingerprint density at radius 3 is 2.75 bits per heavy atom. The Hall–Kier alpha value is -1.05. The third-order valence-corrected chi connectivity index (χ3v) is 1.64. The summed E-state index contributed by atoms with van der Waals surface area (Å²) in [5, 5.41) is 0. The van der Waals surface area contributed by atoms with Gasteiger partial charge in [0.1, 0.15) is 0 Å². The molecule has 0 heterocycles. The summed E-state index contributed by atoms with van der Waals surface area (Å²) in [7, 11) is 0. The highest BCUT2D eigenvalue weighted by Crippen LogP contribution is 2.04. The van der Waals surface area contributed by atoms with Gasteiger partial charge < -0.3 is 5.73 Å². The molecule has 1 atom stereocenters. The Bertz CT molecular complexity index is 190. The minimum atomic E-state index is 0.623. The van der Waals surface area contributed by atoms with E-state index in [0.717, 1.165) is 6.42 Å². The molecule has 2 nitrogen and oxygen atoms in total. The van der Waals surface area contributed by atoms with Crippen molar-refractivity contribution in [1.29, 1.82) is 0 Å². The zero-order valence-corrected chi connectivity index (χ0v) is 8.12. The van der Waals surface area contributed by atoms with Gasteiger partial charge in [0.25, 0.3) is 0 Å². The van der Waals surface area contributed by atoms with E-state index >= 15 is 0 Å². The van der Waals surface area contributed by atoms with Crippen molar-refractivity contribution in [1.82, 2.24) is 0 Å². The lowest BCUT2D eigenvalue weighted by molar-refractivity contribution is 0.695. The zero-order chi connectivity index (χ0) is 9.40. The van der Waals surface area contributed by atoms with Crippen molar-refractivity contribution < 1.29 is 0 Å². The van der Waals surface area contributed by atoms with Crippen LogP contribution in [0.25, 0.3) is 0 Å². The Morgan fingerprint density at radius 1 is 1.58 bits per heavy atom. The van der Waals surface area contributed by atoms with Gasteiger partial charge >= 0.3 is 0 Å². The smallest absolute Gasteiger partial charge is 0.0422 e. The summed E-state index contributed by atoms with van der Waals surface area (Å²) >= 11 is 0. The second-order valence-electron chi connectivity index (χ2n) is 2.92. The van der Waals surface area contributed by atoms with E-state index in [1.165, 1.54) is 11.8 Å². The van der Waals surface area contributed by atoms with Gasteiger partial charge in [-0.05, 0) is 18.4 Å². The Morgan fingerprint density at radius 2 is 2.25 bits per heavy atom. The Balaban J connectivity index is 4.01. The van der Waals surface area contributed by atoms with Crippen LogP contribution in [0.3, 0.4) is 0 Å². The molecule has 0 radical (unpaired) electrons. The van der Waals surface area contributed by atoms with E-state index in [2.05, 4.69) is 24.9 Å². The molecule has 0 aromatic heterocycles. The van der Waals surface area contributed by atoms with Gasteiger partial charge in [-0.1, -0.05) is 26.3 Å². The summed E-state index contributed by atoms with van der Waals surface area (Å²) in [6, 6.07) is 0. The minimum Gasteiger partial charge on any atom is -0.403 e. The minimum absolute atomic E-state index is 0.623. The SMILES string of the molecule is CCC(C)/C=C(C)/C=N\C=C/N. The van der Waals surface area contributed by atoms with E-state index in [1.54, 1.807) is 6.20 Å². The molecular formula is C10H18N2. The van der Waals surface area contributed by atoms with Crippen molar-refractivity contribution >= 4 is 6.21 Å². The van der Waals surface area contributed by atoms with Crippen LogP contribution in [0.2, 0.25) is 0 Å². The third-order valence-electron chi connectivity index (χ3n) is 1.64. The predicted molar refractivity (Wildman–Crippen MR) is 55.0 cm³/mol. The van der Waals surface area contributed by atoms with Gasteiger partial charge in [-0.3, -0.25) is 4.99 Å². The average molecular weight is 166 g/mol. The molecule has 1 unspecified atom stereocenters. The van der Waals surface area contributed by atoms with Crippen molar-refractivity contribution in [2.75, 3.05) is 0 Å². The fraction of sp³-hybridized carbons (Fsp3) is 0.500. The van der Waals surface area contributed by atoms with Crippen LogP contribution in [-0.2, 0) is 0 Å². The van der Waals surface area contributed by atoms with Crippen LogP contribution in [-0.4, -0.2) is 6.21 Å². The highest BCUT2D eigenvalue weighted by Gasteiger charge is 1.91. The lowest BCUT2D eigenvalue weighted by Crippen LogP contribution is -1.88. The first-order valence-electron chi connectivity index (χ1n) is 4.29. The molecule has 0 saturated heterocycles. The van der Waals surface area contributed by atoms with E-state index in [9.17, 15) is 0 Å². The predicted octanol–water partition coefficient (Wildman–Crippen LogP) is 2.48. The highest BCUT2D eigenvalue weighted by atomic mass is 14.7. The van der Waals surface area contributed by atoms with Gasteiger partial charge in [0, 0.05) is 18.6 Å². The molecule has 0 spiro atoms. The lowest BCUT2D eigenvalue weighted by Gasteiger charge is -2.00. The second kappa shape index (κ2) is 6.65. The average Bonchev–Trinajstić information content (AvgIpc) is 2.05. The van der Waals surface area contributed by atoms with E-state index < -0.39 is 0 Å². The number of hydrogen-bond donors (Lipinski definition) is 1. The second-order valence-corrected chi connectivity index (χ2v) is 2.92. The van der Waals surface area contributed by atoms with Gasteiger partial charge in [0.05, 0.1) is 0 Å². The van der Waals surface area contributed by atoms with Crippen LogP contribution in [0.4, 0.5) is 0 Å². The Labute approximate surface area is 74.9 Å². The number of aliphatic imine (C=N–C) groups is 1. The molecule has 2 N–H and O–H groups in total. The monoisotopic (exact) mass is 166 g/mol. The molecule has 0 aromatic carbocycles. The number of nitrogens with zero attached hydrogens (tertiary/aromatic N) is 1. The molecule has 0 aliphatic heterocycles. The van der Waals surface area contributed by atoms with Crippen LogP contribution in [0.15, 0.2) is 29.0 Å². The van der Waals surface area contributed by atoms with Crippen LogP contribution < -0.4 is 5.73 Å². The van der Waals surface area contributed by atoms with Crippen molar-refractivity contribution in [3.8, 4) is 0 Å². The van der Waals surface area contributed by atoms with E-state index in [4.69, 9.17) is 5.73 Å².